The lowest BCUT2D eigenvalue weighted by atomic mass is 10.2. The van der Waals surface area contributed by atoms with E-state index in [9.17, 15) is 4.79 Å². The summed E-state index contributed by atoms with van der Waals surface area (Å²) in [7, 11) is 0. The number of nitrogens with zero attached hydrogens (tertiary/aromatic N) is 1. The molecule has 0 unspecified atom stereocenters. The molecule has 0 bridgehead atoms. The summed E-state index contributed by atoms with van der Waals surface area (Å²) in [5.74, 6) is 0.530. The number of hydrogen-bond donors (Lipinski definition) is 1. The van der Waals surface area contributed by atoms with E-state index in [1.165, 1.54) is 6.20 Å². The molecule has 1 aromatic heterocycles. The third-order valence-electron chi connectivity index (χ3n) is 1.85. The molecule has 2 rings (SSSR count). The van der Waals surface area contributed by atoms with Crippen LogP contribution in [0.2, 0.25) is 5.02 Å². The van der Waals surface area contributed by atoms with Gasteiger partial charge in [0.05, 0.1) is 3.57 Å². The van der Waals surface area contributed by atoms with Gasteiger partial charge in [0.15, 0.2) is 0 Å². The van der Waals surface area contributed by atoms with E-state index in [2.05, 4.69) is 9.97 Å². The molecule has 0 aliphatic carbocycles. The van der Waals surface area contributed by atoms with Gasteiger partial charge in [0.25, 0.3) is 5.56 Å². The molecule has 0 fully saturated rings. The van der Waals surface area contributed by atoms with Crippen LogP contribution in [0.1, 0.15) is 0 Å². The second-order valence-corrected chi connectivity index (χ2v) is 4.52. The molecule has 0 atom stereocenters. The minimum absolute atomic E-state index is 0.138. The first kappa shape index (κ1) is 10.6. The van der Waals surface area contributed by atoms with Gasteiger partial charge in [0, 0.05) is 16.8 Å². The summed E-state index contributed by atoms with van der Waals surface area (Å²) in [4.78, 5) is 18.2. The first-order valence-electron chi connectivity index (χ1n) is 4.17. The highest BCUT2D eigenvalue weighted by molar-refractivity contribution is 14.1. The topological polar surface area (TPSA) is 45.8 Å². The van der Waals surface area contributed by atoms with Crippen molar-refractivity contribution in [2.24, 2.45) is 0 Å². The summed E-state index contributed by atoms with van der Waals surface area (Å²) in [5, 5.41) is 0.619. The summed E-state index contributed by atoms with van der Waals surface area (Å²) in [6, 6.07) is 7.19. The van der Waals surface area contributed by atoms with Crippen LogP contribution in [0.4, 0.5) is 0 Å². The average molecular weight is 333 g/mol. The van der Waals surface area contributed by atoms with E-state index in [4.69, 9.17) is 11.6 Å². The Morgan fingerprint density at radius 2 is 2.20 bits per heavy atom. The minimum Gasteiger partial charge on any atom is -0.306 e. The maximum Gasteiger partial charge on any atom is 0.264 e. The van der Waals surface area contributed by atoms with Gasteiger partial charge >= 0.3 is 0 Å². The zero-order valence-electron chi connectivity index (χ0n) is 7.50. The molecule has 15 heavy (non-hydrogen) atoms. The highest BCUT2D eigenvalue weighted by Gasteiger charge is 2.02. The standard InChI is InChI=1S/C10H6ClIN2O/c11-7-3-1-2-6(4-7)9-13-5-8(12)10(15)14-9/h1-5H,(H,13,14,15). The van der Waals surface area contributed by atoms with Crippen LogP contribution in [0, 0.1) is 3.57 Å². The summed E-state index contributed by atoms with van der Waals surface area (Å²) in [6.07, 6.45) is 1.54. The smallest absolute Gasteiger partial charge is 0.264 e. The molecule has 0 amide bonds. The normalized spacial score (nSPS) is 10.3. The number of benzene rings is 1. The van der Waals surface area contributed by atoms with Gasteiger partial charge in [0.2, 0.25) is 0 Å². The van der Waals surface area contributed by atoms with Crippen molar-refractivity contribution in [3.63, 3.8) is 0 Å². The lowest BCUT2D eigenvalue weighted by molar-refractivity contribution is 1.11. The van der Waals surface area contributed by atoms with Crippen LogP contribution in [0.25, 0.3) is 11.4 Å². The van der Waals surface area contributed by atoms with E-state index in [0.717, 1.165) is 5.56 Å². The van der Waals surface area contributed by atoms with E-state index in [1.54, 1.807) is 12.1 Å². The lowest BCUT2D eigenvalue weighted by Gasteiger charge is -2.00. The largest absolute Gasteiger partial charge is 0.306 e. The van der Waals surface area contributed by atoms with Crippen LogP contribution in [0.5, 0.6) is 0 Å². The molecule has 2 aromatic rings. The van der Waals surface area contributed by atoms with Gasteiger partial charge in [-0.3, -0.25) is 4.79 Å². The molecule has 0 radical (unpaired) electrons. The second kappa shape index (κ2) is 4.32. The van der Waals surface area contributed by atoms with Gasteiger partial charge < -0.3 is 4.98 Å². The minimum atomic E-state index is -0.138. The van der Waals surface area contributed by atoms with E-state index < -0.39 is 0 Å². The zero-order chi connectivity index (χ0) is 10.8. The number of halogens is 2. The van der Waals surface area contributed by atoms with Crippen molar-refractivity contribution in [2.75, 3.05) is 0 Å². The fourth-order valence-corrected chi connectivity index (χ4v) is 1.63. The van der Waals surface area contributed by atoms with Crippen LogP contribution >= 0.6 is 34.2 Å². The molecule has 0 saturated carbocycles. The Kier molecular flexibility index (Phi) is 3.06. The molecule has 3 nitrogen and oxygen atoms in total. The molecule has 0 spiro atoms. The van der Waals surface area contributed by atoms with Crippen molar-refractivity contribution in [3.8, 4) is 11.4 Å². The van der Waals surface area contributed by atoms with Crippen molar-refractivity contribution in [2.45, 2.75) is 0 Å². The van der Waals surface area contributed by atoms with Crippen molar-refractivity contribution in [3.05, 3.63) is 49.4 Å². The maximum absolute atomic E-state index is 11.4. The van der Waals surface area contributed by atoms with Crippen LogP contribution in [0.15, 0.2) is 35.3 Å². The molecular weight excluding hydrogens is 326 g/mol. The number of aromatic amines is 1. The molecule has 5 heteroatoms. The number of H-pyrrole nitrogens is 1. The maximum atomic E-state index is 11.4. The third-order valence-corrected chi connectivity index (χ3v) is 2.86. The van der Waals surface area contributed by atoms with E-state index in [0.29, 0.717) is 14.4 Å². The Hall–Kier alpha value is -0.880. The SMILES string of the molecule is O=c1[nH]c(-c2cccc(Cl)c2)ncc1I. The number of nitrogens with one attached hydrogen (secondary N) is 1. The van der Waals surface area contributed by atoms with Gasteiger partial charge in [-0.15, -0.1) is 0 Å². The van der Waals surface area contributed by atoms with Crippen molar-refractivity contribution < 1.29 is 0 Å². The fourth-order valence-electron chi connectivity index (χ4n) is 1.16. The Morgan fingerprint density at radius 1 is 1.40 bits per heavy atom. The first-order chi connectivity index (χ1) is 7.16. The number of hydrogen-bond acceptors (Lipinski definition) is 2. The highest BCUT2D eigenvalue weighted by atomic mass is 127. The van der Waals surface area contributed by atoms with Crippen molar-refractivity contribution in [1.29, 1.82) is 0 Å². The second-order valence-electron chi connectivity index (χ2n) is 2.92. The highest BCUT2D eigenvalue weighted by Crippen LogP contribution is 2.18. The molecular formula is C10H6ClIN2O. The third kappa shape index (κ3) is 2.38. The van der Waals surface area contributed by atoms with Crippen molar-refractivity contribution in [1.82, 2.24) is 9.97 Å². The van der Waals surface area contributed by atoms with Crippen LogP contribution in [-0.2, 0) is 0 Å². The molecule has 1 heterocycles. The predicted octanol–water partition coefficient (Wildman–Crippen LogP) is 2.69. The summed E-state index contributed by atoms with van der Waals surface area (Å²) in [6.45, 7) is 0. The summed E-state index contributed by atoms with van der Waals surface area (Å²) in [5.41, 5.74) is 0.663. The Bertz CT molecular complexity index is 553. The lowest BCUT2D eigenvalue weighted by Crippen LogP contribution is -2.11. The Morgan fingerprint density at radius 3 is 2.87 bits per heavy atom. The van der Waals surface area contributed by atoms with Crippen molar-refractivity contribution >= 4 is 34.2 Å². The monoisotopic (exact) mass is 332 g/mol. The van der Waals surface area contributed by atoms with Gasteiger partial charge in [-0.25, -0.2) is 4.98 Å². The van der Waals surface area contributed by atoms with Gasteiger partial charge in [-0.2, -0.15) is 0 Å². The van der Waals surface area contributed by atoms with Crippen LogP contribution in [-0.4, -0.2) is 9.97 Å². The van der Waals surface area contributed by atoms with E-state index >= 15 is 0 Å². The number of aromatic nitrogens is 2. The summed E-state index contributed by atoms with van der Waals surface area (Å²) >= 11 is 7.78. The van der Waals surface area contributed by atoms with Crippen LogP contribution in [0.3, 0.4) is 0 Å². The summed E-state index contributed by atoms with van der Waals surface area (Å²) < 4.78 is 0.568. The predicted molar refractivity (Wildman–Crippen MR) is 68.0 cm³/mol. The molecule has 0 aliphatic heterocycles. The quantitative estimate of drug-likeness (QED) is 0.816. The van der Waals surface area contributed by atoms with E-state index in [-0.39, 0.29) is 5.56 Å². The van der Waals surface area contributed by atoms with Gasteiger partial charge in [-0.1, -0.05) is 23.7 Å². The molecule has 0 saturated heterocycles. The molecule has 1 aromatic carbocycles. The van der Waals surface area contributed by atoms with Crippen LogP contribution < -0.4 is 5.56 Å². The van der Waals surface area contributed by atoms with E-state index in [1.807, 2.05) is 34.7 Å². The first-order valence-corrected chi connectivity index (χ1v) is 5.63. The Balaban J connectivity index is 2.55. The molecule has 76 valence electrons. The number of rotatable bonds is 1. The average Bonchev–Trinajstić information content (AvgIpc) is 2.22. The molecule has 0 aliphatic rings. The zero-order valence-corrected chi connectivity index (χ0v) is 10.4. The van der Waals surface area contributed by atoms with Gasteiger partial charge in [-0.05, 0) is 34.7 Å². The Labute approximate surface area is 105 Å². The van der Waals surface area contributed by atoms with Gasteiger partial charge in [0.1, 0.15) is 5.82 Å². The molecule has 1 N–H and O–H groups in total. The fraction of sp³-hybridized carbons (Fsp3) is 0.